The van der Waals surface area contributed by atoms with Gasteiger partial charge < -0.3 is 21.7 Å². The Balaban J connectivity index is 3.20. The molecule has 0 radical (unpaired) electrons. The lowest BCUT2D eigenvalue weighted by molar-refractivity contribution is 0.131. The smallest absolute Gasteiger partial charge is 0.149 e. The monoisotopic (exact) mass is 228 g/mol. The Bertz CT molecular complexity index is 394. The van der Waals surface area contributed by atoms with E-state index in [4.69, 9.17) is 11.5 Å². The van der Waals surface area contributed by atoms with Gasteiger partial charge in [0.1, 0.15) is 17.3 Å². The van der Waals surface area contributed by atoms with Gasteiger partial charge in [-0.15, -0.1) is 0 Å². The molecule has 1 aromatic carbocycles. The Kier molecular flexibility index (Phi) is 3.40. The number of nitrogens with two attached hydrogens (primary N) is 2. The minimum Gasteiger partial charge on any atom is -0.505 e. The summed E-state index contributed by atoms with van der Waals surface area (Å²) in [4.78, 5) is 0. The number of aromatic hydroxyl groups is 1. The van der Waals surface area contributed by atoms with Crippen molar-refractivity contribution in [1.82, 2.24) is 0 Å². The first kappa shape index (κ1) is 12.7. The van der Waals surface area contributed by atoms with Crippen LogP contribution in [0.2, 0.25) is 0 Å². The van der Waals surface area contributed by atoms with Crippen molar-refractivity contribution in [3.05, 3.63) is 23.5 Å². The topological polar surface area (TPSA) is 92.5 Å². The van der Waals surface area contributed by atoms with Crippen LogP contribution in [0.1, 0.15) is 25.5 Å². The summed E-state index contributed by atoms with van der Waals surface area (Å²) >= 11 is 0. The maximum absolute atomic E-state index is 13.0. The lowest BCUT2D eigenvalue weighted by atomic mass is 9.81. The van der Waals surface area contributed by atoms with E-state index in [1.165, 1.54) is 6.07 Å². The molecule has 1 rings (SSSR count). The van der Waals surface area contributed by atoms with Crippen molar-refractivity contribution in [2.75, 3.05) is 12.3 Å². The molecule has 0 aliphatic rings. The van der Waals surface area contributed by atoms with E-state index in [1.54, 1.807) is 13.8 Å². The zero-order chi connectivity index (χ0) is 12.5. The minimum absolute atomic E-state index is 0.148. The van der Waals surface area contributed by atoms with Crippen LogP contribution in [0.3, 0.4) is 0 Å². The number of phenolic OH excluding ortho intramolecular Hbond substituents is 1. The van der Waals surface area contributed by atoms with Crippen molar-refractivity contribution in [1.29, 1.82) is 0 Å². The maximum Gasteiger partial charge on any atom is 0.149 e. The zero-order valence-corrected chi connectivity index (χ0v) is 9.37. The molecule has 4 nitrogen and oxygen atoms in total. The second kappa shape index (κ2) is 4.27. The highest BCUT2D eigenvalue weighted by Gasteiger charge is 2.29. The Morgan fingerprint density at radius 2 is 2.00 bits per heavy atom. The molecule has 5 heteroatoms. The highest BCUT2D eigenvalue weighted by Crippen LogP contribution is 2.38. The Labute approximate surface area is 93.7 Å². The molecule has 0 aliphatic carbocycles. The number of aliphatic hydroxyl groups excluding tert-OH is 1. The van der Waals surface area contributed by atoms with E-state index in [1.807, 2.05) is 0 Å². The fourth-order valence-corrected chi connectivity index (χ4v) is 1.37. The van der Waals surface area contributed by atoms with Crippen LogP contribution in [0.5, 0.6) is 5.75 Å². The average molecular weight is 228 g/mol. The van der Waals surface area contributed by atoms with Crippen molar-refractivity contribution in [2.24, 2.45) is 11.1 Å². The van der Waals surface area contributed by atoms with Gasteiger partial charge in [-0.2, -0.15) is 0 Å². The SMILES string of the molecule is CC(C)(CO)[C@@H](N)c1ccc(F)c(N)c1O. The summed E-state index contributed by atoms with van der Waals surface area (Å²) in [6.07, 6.45) is 0. The van der Waals surface area contributed by atoms with Crippen LogP contribution in [0.4, 0.5) is 10.1 Å². The fourth-order valence-electron chi connectivity index (χ4n) is 1.37. The lowest BCUT2D eigenvalue weighted by Gasteiger charge is -2.30. The summed E-state index contributed by atoms with van der Waals surface area (Å²) in [5.41, 5.74) is 10.7. The third-order valence-electron chi connectivity index (χ3n) is 2.78. The van der Waals surface area contributed by atoms with Crippen molar-refractivity contribution in [3.63, 3.8) is 0 Å². The normalized spacial score (nSPS) is 13.8. The first-order chi connectivity index (χ1) is 7.31. The molecule has 0 unspecified atom stereocenters. The summed E-state index contributed by atoms with van der Waals surface area (Å²) in [7, 11) is 0. The van der Waals surface area contributed by atoms with Gasteiger partial charge in [-0.1, -0.05) is 19.9 Å². The molecule has 90 valence electrons. The highest BCUT2D eigenvalue weighted by atomic mass is 19.1. The van der Waals surface area contributed by atoms with Crippen LogP contribution in [0.15, 0.2) is 12.1 Å². The largest absolute Gasteiger partial charge is 0.505 e. The Morgan fingerprint density at radius 1 is 1.44 bits per heavy atom. The summed E-state index contributed by atoms with van der Waals surface area (Å²) in [5.74, 6) is -1.04. The summed E-state index contributed by atoms with van der Waals surface area (Å²) in [6.45, 7) is 3.35. The van der Waals surface area contributed by atoms with Gasteiger partial charge >= 0.3 is 0 Å². The molecule has 6 N–H and O–H groups in total. The first-order valence-corrected chi connectivity index (χ1v) is 4.94. The number of aliphatic hydroxyl groups is 1. The number of benzene rings is 1. The third-order valence-corrected chi connectivity index (χ3v) is 2.78. The highest BCUT2D eigenvalue weighted by molar-refractivity contribution is 5.57. The number of nitrogen functional groups attached to an aromatic ring is 1. The molecule has 0 aliphatic heterocycles. The van der Waals surface area contributed by atoms with E-state index < -0.39 is 17.3 Å². The molecule has 0 amide bonds. The number of hydrogen-bond acceptors (Lipinski definition) is 4. The molecular weight excluding hydrogens is 211 g/mol. The Morgan fingerprint density at radius 3 is 2.50 bits per heavy atom. The third kappa shape index (κ3) is 2.10. The van der Waals surface area contributed by atoms with Gasteiger partial charge in [-0.3, -0.25) is 0 Å². The molecule has 0 bridgehead atoms. The molecule has 0 saturated heterocycles. The zero-order valence-electron chi connectivity index (χ0n) is 9.37. The van der Waals surface area contributed by atoms with E-state index in [2.05, 4.69) is 0 Å². The molecular formula is C11H17FN2O2. The number of anilines is 1. The molecule has 16 heavy (non-hydrogen) atoms. The molecule has 0 aromatic heterocycles. The van der Waals surface area contributed by atoms with Crippen molar-refractivity contribution in [3.8, 4) is 5.75 Å². The van der Waals surface area contributed by atoms with E-state index in [-0.39, 0.29) is 18.0 Å². The van der Waals surface area contributed by atoms with Crippen LogP contribution in [0, 0.1) is 11.2 Å². The predicted molar refractivity (Wildman–Crippen MR) is 60.3 cm³/mol. The van der Waals surface area contributed by atoms with Gasteiger partial charge in [0.25, 0.3) is 0 Å². The van der Waals surface area contributed by atoms with Gasteiger partial charge in [0.05, 0.1) is 0 Å². The molecule has 0 spiro atoms. The summed E-state index contributed by atoms with van der Waals surface area (Å²) in [5, 5.41) is 18.9. The molecule has 0 fully saturated rings. The van der Waals surface area contributed by atoms with Crippen molar-refractivity contribution >= 4 is 5.69 Å². The van der Waals surface area contributed by atoms with E-state index >= 15 is 0 Å². The van der Waals surface area contributed by atoms with Crippen LogP contribution in [-0.2, 0) is 0 Å². The number of hydrogen-bond donors (Lipinski definition) is 4. The van der Waals surface area contributed by atoms with E-state index in [9.17, 15) is 14.6 Å². The van der Waals surface area contributed by atoms with Crippen LogP contribution in [0.25, 0.3) is 0 Å². The molecule has 1 aromatic rings. The second-order valence-electron chi connectivity index (χ2n) is 4.52. The molecule has 1 atom stereocenters. The number of rotatable bonds is 3. The van der Waals surface area contributed by atoms with Crippen molar-refractivity contribution < 1.29 is 14.6 Å². The average Bonchev–Trinajstić information content (AvgIpc) is 2.25. The van der Waals surface area contributed by atoms with E-state index in [0.29, 0.717) is 5.56 Å². The standard InChI is InChI=1S/C11H17FN2O2/c1-11(2,5-15)10(14)6-3-4-7(12)8(13)9(6)16/h3-4,10,15-16H,5,13-14H2,1-2H3/t10-/m0/s1. The second-order valence-corrected chi connectivity index (χ2v) is 4.52. The van der Waals surface area contributed by atoms with Crippen LogP contribution in [-0.4, -0.2) is 16.8 Å². The lowest BCUT2D eigenvalue weighted by Crippen LogP contribution is -2.32. The van der Waals surface area contributed by atoms with Gasteiger partial charge in [-0.05, 0) is 6.07 Å². The summed E-state index contributed by atoms with van der Waals surface area (Å²) in [6, 6.07) is 1.90. The maximum atomic E-state index is 13.0. The number of halogens is 1. The quantitative estimate of drug-likeness (QED) is 0.461. The molecule has 0 saturated carbocycles. The fraction of sp³-hybridized carbons (Fsp3) is 0.455. The van der Waals surface area contributed by atoms with Crippen molar-refractivity contribution in [2.45, 2.75) is 19.9 Å². The summed E-state index contributed by atoms with van der Waals surface area (Å²) < 4.78 is 13.0. The van der Waals surface area contributed by atoms with E-state index in [0.717, 1.165) is 6.07 Å². The van der Waals surface area contributed by atoms with Crippen LogP contribution < -0.4 is 11.5 Å². The first-order valence-electron chi connectivity index (χ1n) is 4.94. The minimum atomic E-state index is -0.685. The van der Waals surface area contributed by atoms with Gasteiger partial charge in [-0.25, -0.2) is 4.39 Å². The molecule has 0 heterocycles. The Hall–Kier alpha value is -1.33. The van der Waals surface area contributed by atoms with Gasteiger partial charge in [0.15, 0.2) is 0 Å². The van der Waals surface area contributed by atoms with Gasteiger partial charge in [0.2, 0.25) is 0 Å². The number of phenols is 1. The van der Waals surface area contributed by atoms with Gasteiger partial charge in [0, 0.05) is 23.6 Å². The predicted octanol–water partition coefficient (Wildman–Crippen LogP) is 1.13. The van der Waals surface area contributed by atoms with Crippen LogP contribution >= 0.6 is 0 Å².